The normalized spacial score (nSPS) is 10.2. The van der Waals surface area contributed by atoms with Crippen LogP contribution in [-0.2, 0) is 0 Å². The van der Waals surface area contributed by atoms with Gasteiger partial charge in [0.15, 0.2) is 11.6 Å². The van der Waals surface area contributed by atoms with Crippen molar-refractivity contribution >= 4 is 11.4 Å². The molecule has 1 aromatic carbocycles. The van der Waals surface area contributed by atoms with Gasteiger partial charge in [-0.2, -0.15) is 0 Å². The lowest BCUT2D eigenvalue weighted by atomic mass is 10.2. The maximum Gasteiger partial charge on any atom is 0.275 e. The van der Waals surface area contributed by atoms with Crippen LogP contribution in [0.3, 0.4) is 0 Å². The molecule has 0 aromatic heterocycles. The van der Waals surface area contributed by atoms with Crippen molar-refractivity contribution in [2.75, 3.05) is 25.0 Å². The van der Waals surface area contributed by atoms with E-state index in [-0.39, 0.29) is 18.8 Å². The number of benzene rings is 1. The van der Waals surface area contributed by atoms with E-state index in [9.17, 15) is 18.9 Å². The molecule has 1 aromatic rings. The lowest BCUT2D eigenvalue weighted by Gasteiger charge is -2.19. The summed E-state index contributed by atoms with van der Waals surface area (Å²) in [6.07, 6.45) is 0. The third-order valence-electron chi connectivity index (χ3n) is 2.06. The Bertz CT molecular complexity index is 389. The van der Waals surface area contributed by atoms with E-state index < -0.39 is 22.2 Å². The molecule has 0 aliphatic carbocycles. The van der Waals surface area contributed by atoms with Crippen molar-refractivity contribution in [2.45, 2.75) is 0 Å². The number of halogens is 2. The molecule has 7 heteroatoms. The Kier molecular flexibility index (Phi) is 3.73. The van der Waals surface area contributed by atoms with Crippen LogP contribution >= 0.6 is 0 Å². The van der Waals surface area contributed by atoms with Crippen LogP contribution in [0.2, 0.25) is 0 Å². The van der Waals surface area contributed by atoms with Crippen LogP contribution in [0.15, 0.2) is 12.1 Å². The molecule has 0 bridgehead atoms. The highest BCUT2D eigenvalue weighted by Gasteiger charge is 2.19. The molecule has 0 saturated heterocycles. The molecule has 0 radical (unpaired) electrons. The number of anilines is 1. The van der Waals surface area contributed by atoms with E-state index in [0.29, 0.717) is 12.1 Å². The SMILES string of the molecule is CN(CCN)c1c(F)cc([N+](=O)[O-])cc1F. The second kappa shape index (κ2) is 4.84. The summed E-state index contributed by atoms with van der Waals surface area (Å²) in [7, 11) is 1.46. The van der Waals surface area contributed by atoms with E-state index in [0.717, 1.165) is 0 Å². The predicted octanol–water partition coefficient (Wildman–Crippen LogP) is 1.27. The molecular formula is C9H11F2N3O2. The van der Waals surface area contributed by atoms with Gasteiger partial charge < -0.3 is 10.6 Å². The van der Waals surface area contributed by atoms with Crippen molar-refractivity contribution in [1.82, 2.24) is 0 Å². The molecule has 5 nitrogen and oxygen atoms in total. The zero-order valence-electron chi connectivity index (χ0n) is 8.61. The molecule has 0 saturated carbocycles. The number of rotatable bonds is 4. The van der Waals surface area contributed by atoms with Gasteiger partial charge >= 0.3 is 0 Å². The Morgan fingerprint density at radius 1 is 1.44 bits per heavy atom. The first-order valence-corrected chi connectivity index (χ1v) is 4.52. The Morgan fingerprint density at radius 3 is 2.31 bits per heavy atom. The molecule has 0 aliphatic rings. The molecule has 2 N–H and O–H groups in total. The summed E-state index contributed by atoms with van der Waals surface area (Å²) < 4.78 is 26.8. The van der Waals surface area contributed by atoms with Crippen LogP contribution in [0, 0.1) is 21.7 Å². The molecule has 88 valence electrons. The second-order valence-corrected chi connectivity index (χ2v) is 3.23. The molecule has 0 unspecified atom stereocenters. The van der Waals surface area contributed by atoms with Gasteiger partial charge in [-0.05, 0) is 0 Å². The molecule has 1 rings (SSSR count). The van der Waals surface area contributed by atoms with E-state index in [1.807, 2.05) is 0 Å². The number of nitro benzene ring substituents is 1. The van der Waals surface area contributed by atoms with Crippen LogP contribution in [-0.4, -0.2) is 25.1 Å². The summed E-state index contributed by atoms with van der Waals surface area (Å²) in [5.41, 5.74) is 4.33. The smallest absolute Gasteiger partial charge is 0.275 e. The predicted molar refractivity (Wildman–Crippen MR) is 55.3 cm³/mol. The van der Waals surface area contributed by atoms with Gasteiger partial charge in [-0.3, -0.25) is 10.1 Å². The third-order valence-corrected chi connectivity index (χ3v) is 2.06. The molecule has 0 heterocycles. The maximum absolute atomic E-state index is 13.4. The Labute approximate surface area is 90.6 Å². The van der Waals surface area contributed by atoms with Gasteiger partial charge in [0.2, 0.25) is 0 Å². The summed E-state index contributed by atoms with van der Waals surface area (Å²) in [4.78, 5) is 10.8. The van der Waals surface area contributed by atoms with E-state index >= 15 is 0 Å². The second-order valence-electron chi connectivity index (χ2n) is 3.23. The minimum Gasteiger partial charge on any atom is -0.369 e. The quantitative estimate of drug-likeness (QED) is 0.625. The Hall–Kier alpha value is -1.76. The first-order chi connectivity index (χ1) is 7.47. The van der Waals surface area contributed by atoms with Gasteiger partial charge in [0, 0.05) is 20.1 Å². The lowest BCUT2D eigenvalue weighted by molar-refractivity contribution is -0.385. The van der Waals surface area contributed by atoms with Crippen LogP contribution in [0.5, 0.6) is 0 Å². The van der Waals surface area contributed by atoms with E-state index in [1.165, 1.54) is 11.9 Å². The molecule has 0 amide bonds. The van der Waals surface area contributed by atoms with E-state index in [2.05, 4.69) is 0 Å². The molecule has 0 atom stereocenters. The van der Waals surface area contributed by atoms with Crippen LogP contribution in [0.1, 0.15) is 0 Å². The minimum atomic E-state index is -0.970. The number of hydrogen-bond donors (Lipinski definition) is 1. The summed E-state index contributed by atoms with van der Waals surface area (Å²) in [5, 5.41) is 10.4. The fourth-order valence-corrected chi connectivity index (χ4v) is 1.33. The number of nitro groups is 1. The van der Waals surface area contributed by atoms with Gasteiger partial charge in [-0.25, -0.2) is 8.78 Å². The maximum atomic E-state index is 13.4. The van der Waals surface area contributed by atoms with Gasteiger partial charge in [0.05, 0.1) is 17.1 Å². The number of hydrogen-bond acceptors (Lipinski definition) is 4. The largest absolute Gasteiger partial charge is 0.369 e. The van der Waals surface area contributed by atoms with Gasteiger partial charge in [0.25, 0.3) is 5.69 Å². The highest BCUT2D eigenvalue weighted by atomic mass is 19.1. The fraction of sp³-hybridized carbons (Fsp3) is 0.333. The average Bonchev–Trinajstić information content (AvgIpc) is 2.16. The van der Waals surface area contributed by atoms with Gasteiger partial charge in [-0.15, -0.1) is 0 Å². The molecule has 0 aliphatic heterocycles. The first-order valence-electron chi connectivity index (χ1n) is 4.52. The van der Waals surface area contributed by atoms with Crippen molar-refractivity contribution in [3.05, 3.63) is 33.9 Å². The molecule has 16 heavy (non-hydrogen) atoms. The minimum absolute atomic E-state index is 0.229. The van der Waals surface area contributed by atoms with Crippen molar-refractivity contribution in [2.24, 2.45) is 5.73 Å². The fourth-order valence-electron chi connectivity index (χ4n) is 1.33. The van der Waals surface area contributed by atoms with Gasteiger partial charge in [-0.1, -0.05) is 0 Å². The number of non-ortho nitro benzene ring substituents is 1. The average molecular weight is 231 g/mol. The van der Waals surface area contributed by atoms with E-state index in [4.69, 9.17) is 5.73 Å². The highest BCUT2D eigenvalue weighted by Crippen LogP contribution is 2.26. The van der Waals surface area contributed by atoms with Crippen molar-refractivity contribution < 1.29 is 13.7 Å². The third kappa shape index (κ3) is 2.43. The van der Waals surface area contributed by atoms with Crippen molar-refractivity contribution in [3.63, 3.8) is 0 Å². The Balaban J connectivity index is 3.17. The summed E-state index contributed by atoms with van der Waals surface area (Å²) >= 11 is 0. The van der Waals surface area contributed by atoms with E-state index in [1.54, 1.807) is 0 Å². The van der Waals surface area contributed by atoms with Crippen molar-refractivity contribution in [3.8, 4) is 0 Å². The topological polar surface area (TPSA) is 72.4 Å². The summed E-state index contributed by atoms with van der Waals surface area (Å²) in [6.45, 7) is 0.484. The van der Waals surface area contributed by atoms with Crippen LogP contribution < -0.4 is 10.6 Å². The number of likely N-dealkylation sites (N-methyl/N-ethyl adjacent to an activating group) is 1. The highest BCUT2D eigenvalue weighted by molar-refractivity contribution is 5.53. The van der Waals surface area contributed by atoms with Crippen molar-refractivity contribution in [1.29, 1.82) is 0 Å². The molecule has 0 spiro atoms. The molecule has 0 fully saturated rings. The van der Waals surface area contributed by atoms with Crippen LogP contribution in [0.25, 0.3) is 0 Å². The summed E-state index contributed by atoms with van der Waals surface area (Å²) in [6, 6.07) is 1.37. The zero-order valence-corrected chi connectivity index (χ0v) is 8.61. The first kappa shape index (κ1) is 12.3. The number of nitrogens with two attached hydrogens (primary N) is 1. The Morgan fingerprint density at radius 2 is 1.94 bits per heavy atom. The van der Waals surface area contributed by atoms with Gasteiger partial charge in [0.1, 0.15) is 5.69 Å². The standard InChI is InChI=1S/C9H11F2N3O2/c1-13(3-2-12)9-7(10)4-6(14(15)16)5-8(9)11/h4-5H,2-3,12H2,1H3. The number of nitrogens with zero attached hydrogens (tertiary/aromatic N) is 2. The summed E-state index contributed by atoms with van der Waals surface area (Å²) in [5.74, 6) is -1.94. The molecular weight excluding hydrogens is 220 g/mol. The lowest BCUT2D eigenvalue weighted by Crippen LogP contribution is -2.26. The van der Waals surface area contributed by atoms with Crippen LogP contribution in [0.4, 0.5) is 20.2 Å². The monoisotopic (exact) mass is 231 g/mol. The zero-order chi connectivity index (χ0) is 12.3.